The van der Waals surface area contributed by atoms with Crippen LogP contribution in [0.1, 0.15) is 23.5 Å². The first-order valence-corrected chi connectivity index (χ1v) is 7.36. The first kappa shape index (κ1) is 14.4. The summed E-state index contributed by atoms with van der Waals surface area (Å²) in [6.45, 7) is 1.51. The molecule has 1 N–H and O–H groups in total. The molecule has 0 aromatic heterocycles. The van der Waals surface area contributed by atoms with Gasteiger partial charge in [-0.3, -0.25) is 4.79 Å². The molecule has 4 nitrogen and oxygen atoms in total. The Labute approximate surface area is 130 Å². The molecule has 0 amide bonds. The maximum atomic E-state index is 11.1. The highest BCUT2D eigenvalue weighted by Crippen LogP contribution is 2.40. The second-order valence-corrected chi connectivity index (χ2v) is 5.59. The lowest BCUT2D eigenvalue weighted by molar-refractivity contribution is -0.137. The number of carbonyl (C=O) groups is 1. The van der Waals surface area contributed by atoms with Crippen molar-refractivity contribution >= 4 is 11.7 Å². The first-order chi connectivity index (χ1) is 10.7. The molecule has 2 aromatic carbocycles. The van der Waals surface area contributed by atoms with E-state index in [1.807, 2.05) is 36.4 Å². The molecule has 114 valence electrons. The van der Waals surface area contributed by atoms with Gasteiger partial charge >= 0.3 is 5.97 Å². The zero-order chi connectivity index (χ0) is 15.5. The molecule has 0 saturated heterocycles. The van der Waals surface area contributed by atoms with Crippen LogP contribution < -0.4 is 9.64 Å². The van der Waals surface area contributed by atoms with Crippen LogP contribution in [0.2, 0.25) is 0 Å². The summed E-state index contributed by atoms with van der Waals surface area (Å²) >= 11 is 0. The molecule has 0 spiro atoms. The van der Waals surface area contributed by atoms with Crippen molar-refractivity contribution in [3.63, 3.8) is 0 Å². The molecule has 0 bridgehead atoms. The maximum Gasteiger partial charge on any atom is 0.304 e. The number of rotatable bonds is 5. The zero-order valence-electron chi connectivity index (χ0n) is 12.5. The van der Waals surface area contributed by atoms with Gasteiger partial charge in [-0.15, -0.1) is 0 Å². The number of benzene rings is 2. The fourth-order valence-corrected chi connectivity index (χ4v) is 3.08. The molecule has 1 atom stereocenters. The third kappa shape index (κ3) is 2.91. The van der Waals surface area contributed by atoms with Crippen LogP contribution in [0.4, 0.5) is 5.69 Å². The van der Waals surface area contributed by atoms with Crippen molar-refractivity contribution in [2.75, 3.05) is 18.6 Å². The number of carboxylic acids is 1. The molecule has 22 heavy (non-hydrogen) atoms. The summed E-state index contributed by atoms with van der Waals surface area (Å²) in [6.07, 6.45) is 0.144. The average molecular weight is 297 g/mol. The summed E-state index contributed by atoms with van der Waals surface area (Å²) in [5.41, 5.74) is 3.40. The van der Waals surface area contributed by atoms with E-state index in [4.69, 9.17) is 9.84 Å². The van der Waals surface area contributed by atoms with Gasteiger partial charge in [-0.05, 0) is 29.3 Å². The monoisotopic (exact) mass is 297 g/mol. The van der Waals surface area contributed by atoms with Gasteiger partial charge in [0.1, 0.15) is 5.75 Å². The number of hydrogen-bond donors (Lipinski definition) is 1. The number of ether oxygens (including phenoxy) is 1. The zero-order valence-corrected chi connectivity index (χ0v) is 12.5. The largest absolute Gasteiger partial charge is 0.497 e. The van der Waals surface area contributed by atoms with E-state index in [0.717, 1.165) is 30.1 Å². The number of anilines is 1. The van der Waals surface area contributed by atoms with E-state index in [1.54, 1.807) is 7.11 Å². The average Bonchev–Trinajstić information content (AvgIpc) is 2.84. The normalized spacial score (nSPS) is 16.4. The number of fused-ring (bicyclic) bond motifs is 1. The second-order valence-electron chi connectivity index (χ2n) is 5.59. The Balaban J connectivity index is 1.90. The molecule has 0 fully saturated rings. The van der Waals surface area contributed by atoms with Crippen LogP contribution in [-0.4, -0.2) is 24.7 Å². The molecule has 0 radical (unpaired) electrons. The third-order valence-electron chi connectivity index (χ3n) is 4.09. The Morgan fingerprint density at radius 3 is 2.73 bits per heavy atom. The summed E-state index contributed by atoms with van der Waals surface area (Å²) in [5.74, 6) is 0.0161. The van der Waals surface area contributed by atoms with Gasteiger partial charge in [0, 0.05) is 24.7 Å². The van der Waals surface area contributed by atoms with Gasteiger partial charge in [0.05, 0.1) is 13.5 Å². The molecule has 1 heterocycles. The van der Waals surface area contributed by atoms with Crippen LogP contribution in [0.25, 0.3) is 0 Å². The molecule has 1 aliphatic heterocycles. The summed E-state index contributed by atoms with van der Waals surface area (Å²) < 4.78 is 5.28. The Kier molecular flexibility index (Phi) is 4.00. The van der Waals surface area contributed by atoms with Gasteiger partial charge in [-0.25, -0.2) is 0 Å². The predicted molar refractivity (Wildman–Crippen MR) is 85.5 cm³/mol. The Morgan fingerprint density at radius 2 is 2.05 bits per heavy atom. The molecular formula is C18H19NO3. The van der Waals surface area contributed by atoms with Crippen LogP contribution in [0.5, 0.6) is 5.75 Å². The Morgan fingerprint density at radius 1 is 1.27 bits per heavy atom. The number of methoxy groups -OCH3 is 1. The minimum atomic E-state index is -0.764. The van der Waals surface area contributed by atoms with Crippen LogP contribution >= 0.6 is 0 Å². The van der Waals surface area contributed by atoms with Gasteiger partial charge in [0.25, 0.3) is 0 Å². The topological polar surface area (TPSA) is 49.8 Å². The van der Waals surface area contributed by atoms with Crippen molar-refractivity contribution < 1.29 is 14.6 Å². The summed E-state index contributed by atoms with van der Waals surface area (Å²) in [6, 6.07) is 16.2. The summed E-state index contributed by atoms with van der Waals surface area (Å²) in [5, 5.41) is 9.15. The van der Waals surface area contributed by atoms with Gasteiger partial charge < -0.3 is 14.7 Å². The van der Waals surface area contributed by atoms with Gasteiger partial charge in [-0.1, -0.05) is 30.3 Å². The molecule has 4 heteroatoms. The minimum absolute atomic E-state index is 0.00584. The van der Waals surface area contributed by atoms with Crippen molar-refractivity contribution in [3.8, 4) is 5.75 Å². The Bertz CT molecular complexity index is 669. The third-order valence-corrected chi connectivity index (χ3v) is 4.09. The minimum Gasteiger partial charge on any atom is -0.497 e. The standard InChI is InChI=1S/C18H19NO3/c1-22-15-7-8-17-16(10-15)14(9-18(20)21)12-19(17)11-13-5-3-2-4-6-13/h2-8,10,14H,9,11-12H2,1H3,(H,20,21). The molecule has 2 aromatic rings. The van der Waals surface area contributed by atoms with E-state index in [1.165, 1.54) is 5.56 Å². The van der Waals surface area contributed by atoms with Crippen molar-refractivity contribution in [1.29, 1.82) is 0 Å². The van der Waals surface area contributed by atoms with E-state index in [0.29, 0.717) is 0 Å². The Hall–Kier alpha value is -2.49. The first-order valence-electron chi connectivity index (χ1n) is 7.36. The highest BCUT2D eigenvalue weighted by atomic mass is 16.5. The lowest BCUT2D eigenvalue weighted by Crippen LogP contribution is -2.22. The summed E-state index contributed by atoms with van der Waals surface area (Å²) in [7, 11) is 1.63. The van der Waals surface area contributed by atoms with E-state index < -0.39 is 5.97 Å². The number of carboxylic acid groups (broad SMARTS) is 1. The van der Waals surface area contributed by atoms with E-state index in [-0.39, 0.29) is 12.3 Å². The molecule has 0 saturated carbocycles. The van der Waals surface area contributed by atoms with Gasteiger partial charge in [-0.2, -0.15) is 0 Å². The molecular weight excluding hydrogens is 278 g/mol. The van der Waals surface area contributed by atoms with Crippen LogP contribution in [0, 0.1) is 0 Å². The number of nitrogens with zero attached hydrogens (tertiary/aromatic N) is 1. The number of hydrogen-bond acceptors (Lipinski definition) is 3. The lowest BCUT2D eigenvalue weighted by atomic mass is 9.98. The maximum absolute atomic E-state index is 11.1. The smallest absolute Gasteiger partial charge is 0.304 e. The molecule has 1 aliphatic rings. The lowest BCUT2D eigenvalue weighted by Gasteiger charge is -2.20. The highest BCUT2D eigenvalue weighted by molar-refractivity contribution is 5.71. The highest BCUT2D eigenvalue weighted by Gasteiger charge is 2.30. The van der Waals surface area contributed by atoms with Crippen LogP contribution in [0.15, 0.2) is 48.5 Å². The van der Waals surface area contributed by atoms with Crippen molar-refractivity contribution in [2.45, 2.75) is 18.9 Å². The SMILES string of the molecule is COc1ccc2c(c1)C(CC(=O)O)CN2Cc1ccccc1. The number of aliphatic carboxylic acids is 1. The predicted octanol–water partition coefficient (Wildman–Crippen LogP) is 3.27. The van der Waals surface area contributed by atoms with Crippen molar-refractivity contribution in [3.05, 3.63) is 59.7 Å². The summed E-state index contributed by atoms with van der Waals surface area (Å²) in [4.78, 5) is 13.4. The van der Waals surface area contributed by atoms with Crippen LogP contribution in [0.3, 0.4) is 0 Å². The second kappa shape index (κ2) is 6.10. The van der Waals surface area contributed by atoms with Crippen molar-refractivity contribution in [2.24, 2.45) is 0 Å². The fraction of sp³-hybridized carbons (Fsp3) is 0.278. The molecule has 3 rings (SSSR count). The van der Waals surface area contributed by atoms with Crippen LogP contribution in [-0.2, 0) is 11.3 Å². The van der Waals surface area contributed by atoms with Crippen molar-refractivity contribution in [1.82, 2.24) is 0 Å². The molecule has 1 unspecified atom stereocenters. The molecule has 0 aliphatic carbocycles. The van der Waals surface area contributed by atoms with E-state index >= 15 is 0 Å². The quantitative estimate of drug-likeness (QED) is 0.920. The van der Waals surface area contributed by atoms with E-state index in [2.05, 4.69) is 17.0 Å². The fourth-order valence-electron chi connectivity index (χ4n) is 3.08. The van der Waals surface area contributed by atoms with Gasteiger partial charge in [0.2, 0.25) is 0 Å². The van der Waals surface area contributed by atoms with Gasteiger partial charge in [0.15, 0.2) is 0 Å². The van der Waals surface area contributed by atoms with E-state index in [9.17, 15) is 4.79 Å².